The predicted molar refractivity (Wildman–Crippen MR) is 81.8 cm³/mol. The number of nitrogens with zero attached hydrogens (tertiary/aromatic N) is 1. The summed E-state index contributed by atoms with van der Waals surface area (Å²) in [6.45, 7) is 4.80. The lowest BCUT2D eigenvalue weighted by Gasteiger charge is -2.27. The Bertz CT molecular complexity index is 586. The molecule has 2 heterocycles. The lowest BCUT2D eigenvalue weighted by molar-refractivity contribution is -0.0911. The van der Waals surface area contributed by atoms with Gasteiger partial charge in [0.05, 0.1) is 6.54 Å². The molecule has 0 saturated heterocycles. The van der Waals surface area contributed by atoms with Gasteiger partial charge in [0.1, 0.15) is 13.2 Å². The average molecular weight is 304 g/mol. The molecule has 0 aromatic heterocycles. The fourth-order valence-corrected chi connectivity index (χ4v) is 2.60. The first-order chi connectivity index (χ1) is 10.8. The van der Waals surface area contributed by atoms with Crippen LogP contribution in [0.25, 0.3) is 5.57 Å². The van der Waals surface area contributed by atoms with Crippen molar-refractivity contribution in [3.63, 3.8) is 0 Å². The van der Waals surface area contributed by atoms with E-state index in [2.05, 4.69) is 11.4 Å². The zero-order chi connectivity index (χ0) is 15.4. The highest BCUT2D eigenvalue weighted by Crippen LogP contribution is 2.39. The number of benzene rings is 1. The van der Waals surface area contributed by atoms with Crippen molar-refractivity contribution >= 4 is 11.7 Å². The van der Waals surface area contributed by atoms with E-state index >= 15 is 0 Å². The highest BCUT2D eigenvalue weighted by molar-refractivity contribution is 5.74. The first-order valence-corrected chi connectivity index (χ1v) is 7.56. The van der Waals surface area contributed by atoms with Gasteiger partial charge < -0.3 is 19.6 Å². The van der Waals surface area contributed by atoms with Crippen LogP contribution in [0, 0.1) is 0 Å². The number of hydrogen-bond acceptors (Lipinski definition) is 5. The molecule has 3 rings (SSSR count). The van der Waals surface area contributed by atoms with Crippen molar-refractivity contribution in [1.82, 2.24) is 10.4 Å². The standard InChI is InChI=1S/C16H20N2O4/c1-2-17-16(19)22-18-8-6-12(7-9-18)13-4-3-5-14-15(13)21-11-10-20-14/h3-6H,2,7-11H2,1H3,(H,17,19). The van der Waals surface area contributed by atoms with Crippen molar-refractivity contribution in [3.8, 4) is 11.5 Å². The Morgan fingerprint density at radius 2 is 2.23 bits per heavy atom. The van der Waals surface area contributed by atoms with Crippen molar-refractivity contribution in [2.75, 3.05) is 32.8 Å². The van der Waals surface area contributed by atoms with Crippen molar-refractivity contribution in [1.29, 1.82) is 0 Å². The Morgan fingerprint density at radius 3 is 3.00 bits per heavy atom. The molecule has 0 atom stereocenters. The highest BCUT2D eigenvalue weighted by Gasteiger charge is 2.22. The molecule has 1 aromatic carbocycles. The first-order valence-electron chi connectivity index (χ1n) is 7.56. The Hall–Kier alpha value is -2.21. The second-order valence-electron chi connectivity index (χ2n) is 5.11. The molecule has 0 saturated carbocycles. The van der Waals surface area contributed by atoms with Crippen LogP contribution in [0.3, 0.4) is 0 Å². The minimum atomic E-state index is -0.409. The zero-order valence-corrected chi connectivity index (χ0v) is 12.6. The molecule has 118 valence electrons. The lowest BCUT2D eigenvalue weighted by Crippen LogP contribution is -2.36. The van der Waals surface area contributed by atoms with Crippen LogP contribution >= 0.6 is 0 Å². The molecule has 2 aliphatic rings. The van der Waals surface area contributed by atoms with E-state index in [0.29, 0.717) is 32.8 Å². The average Bonchev–Trinajstić information content (AvgIpc) is 2.55. The summed E-state index contributed by atoms with van der Waals surface area (Å²) in [5.41, 5.74) is 2.26. The van der Waals surface area contributed by atoms with Gasteiger partial charge in [0.15, 0.2) is 11.5 Å². The monoisotopic (exact) mass is 304 g/mol. The van der Waals surface area contributed by atoms with Crippen LogP contribution in [-0.4, -0.2) is 44.0 Å². The number of amides is 1. The van der Waals surface area contributed by atoms with Gasteiger partial charge in [0, 0.05) is 18.7 Å². The second kappa shape index (κ2) is 6.70. The summed E-state index contributed by atoms with van der Waals surface area (Å²) in [6.07, 6.45) is 2.45. The minimum Gasteiger partial charge on any atom is -0.486 e. The number of hydroxylamine groups is 2. The number of nitrogens with one attached hydrogen (secondary N) is 1. The maximum atomic E-state index is 11.4. The third kappa shape index (κ3) is 3.17. The number of carbonyl (C=O) groups excluding carboxylic acids is 1. The van der Waals surface area contributed by atoms with Crippen LogP contribution in [0.15, 0.2) is 24.3 Å². The summed E-state index contributed by atoms with van der Waals surface area (Å²) in [7, 11) is 0. The topological polar surface area (TPSA) is 60.0 Å². The van der Waals surface area contributed by atoms with Crippen LogP contribution in [0.5, 0.6) is 11.5 Å². The number of ether oxygens (including phenoxy) is 2. The zero-order valence-electron chi connectivity index (χ0n) is 12.6. The van der Waals surface area contributed by atoms with Crippen LogP contribution in [0.2, 0.25) is 0 Å². The van der Waals surface area contributed by atoms with Crippen molar-refractivity contribution in [3.05, 3.63) is 29.8 Å². The van der Waals surface area contributed by atoms with Crippen molar-refractivity contribution in [2.24, 2.45) is 0 Å². The summed E-state index contributed by atoms with van der Waals surface area (Å²) >= 11 is 0. The van der Waals surface area contributed by atoms with E-state index in [9.17, 15) is 4.79 Å². The number of para-hydroxylation sites is 1. The molecule has 1 aromatic rings. The quantitative estimate of drug-likeness (QED) is 0.927. The molecule has 6 nitrogen and oxygen atoms in total. The van der Waals surface area contributed by atoms with Gasteiger partial charge in [-0.25, -0.2) is 4.79 Å². The van der Waals surface area contributed by atoms with Crippen molar-refractivity contribution in [2.45, 2.75) is 13.3 Å². The van der Waals surface area contributed by atoms with E-state index in [4.69, 9.17) is 14.3 Å². The largest absolute Gasteiger partial charge is 0.486 e. The van der Waals surface area contributed by atoms with E-state index < -0.39 is 6.09 Å². The minimum absolute atomic E-state index is 0.409. The smallest absolute Gasteiger partial charge is 0.426 e. The normalized spacial score (nSPS) is 17.6. The van der Waals surface area contributed by atoms with Gasteiger partial charge in [-0.2, -0.15) is 0 Å². The van der Waals surface area contributed by atoms with E-state index in [0.717, 1.165) is 23.5 Å². The SMILES string of the molecule is CCNC(=O)ON1CC=C(c2cccc3c2OCCO3)CC1. The van der Waals surface area contributed by atoms with Gasteiger partial charge in [-0.15, -0.1) is 5.06 Å². The molecule has 0 radical (unpaired) electrons. The van der Waals surface area contributed by atoms with Gasteiger partial charge in [0.2, 0.25) is 0 Å². The Balaban J connectivity index is 1.70. The maximum Gasteiger partial charge on any atom is 0.426 e. The molecule has 1 amide bonds. The molecule has 0 aliphatic carbocycles. The Kier molecular flexibility index (Phi) is 4.48. The molecule has 2 aliphatic heterocycles. The Labute approximate surface area is 129 Å². The van der Waals surface area contributed by atoms with Crippen LogP contribution in [-0.2, 0) is 4.84 Å². The fourth-order valence-electron chi connectivity index (χ4n) is 2.60. The molecule has 0 bridgehead atoms. The summed E-state index contributed by atoms with van der Waals surface area (Å²) < 4.78 is 11.4. The Morgan fingerprint density at radius 1 is 1.36 bits per heavy atom. The highest BCUT2D eigenvalue weighted by atomic mass is 16.7. The molecule has 0 spiro atoms. The van der Waals surface area contributed by atoms with Gasteiger partial charge in [-0.3, -0.25) is 0 Å². The van der Waals surface area contributed by atoms with Crippen LogP contribution < -0.4 is 14.8 Å². The molecule has 0 unspecified atom stereocenters. The van der Waals surface area contributed by atoms with Crippen LogP contribution in [0.4, 0.5) is 4.79 Å². The summed E-state index contributed by atoms with van der Waals surface area (Å²) in [6, 6.07) is 5.94. The molecular formula is C16H20N2O4. The summed E-state index contributed by atoms with van der Waals surface area (Å²) in [5.74, 6) is 1.61. The van der Waals surface area contributed by atoms with E-state index in [-0.39, 0.29) is 0 Å². The van der Waals surface area contributed by atoms with Gasteiger partial charge in [-0.05, 0) is 25.0 Å². The summed E-state index contributed by atoms with van der Waals surface area (Å²) in [5, 5.41) is 4.27. The third-order valence-electron chi connectivity index (χ3n) is 3.62. The summed E-state index contributed by atoms with van der Waals surface area (Å²) in [4.78, 5) is 16.6. The van der Waals surface area contributed by atoms with E-state index in [1.807, 2.05) is 25.1 Å². The maximum absolute atomic E-state index is 11.4. The first kappa shape index (κ1) is 14.7. The lowest BCUT2D eigenvalue weighted by atomic mass is 9.98. The number of rotatable bonds is 3. The van der Waals surface area contributed by atoms with Gasteiger partial charge in [0.25, 0.3) is 0 Å². The van der Waals surface area contributed by atoms with E-state index in [1.54, 1.807) is 5.06 Å². The van der Waals surface area contributed by atoms with Gasteiger partial charge >= 0.3 is 6.09 Å². The molecule has 6 heteroatoms. The molecule has 0 fully saturated rings. The number of fused-ring (bicyclic) bond motifs is 1. The van der Waals surface area contributed by atoms with E-state index in [1.165, 1.54) is 5.57 Å². The third-order valence-corrected chi connectivity index (χ3v) is 3.62. The molecular weight excluding hydrogens is 284 g/mol. The van der Waals surface area contributed by atoms with Crippen LogP contribution in [0.1, 0.15) is 18.9 Å². The predicted octanol–water partition coefficient (Wildman–Crippen LogP) is 2.21. The molecule has 22 heavy (non-hydrogen) atoms. The molecule has 1 N–H and O–H groups in total. The van der Waals surface area contributed by atoms with Gasteiger partial charge in [-0.1, -0.05) is 18.2 Å². The number of carbonyl (C=O) groups is 1. The van der Waals surface area contributed by atoms with Crippen molar-refractivity contribution < 1.29 is 19.1 Å². The number of hydrogen-bond donors (Lipinski definition) is 1. The second-order valence-corrected chi connectivity index (χ2v) is 5.11. The fraction of sp³-hybridized carbons (Fsp3) is 0.438.